The van der Waals surface area contributed by atoms with Crippen LogP contribution in [0.4, 0.5) is 5.69 Å². The van der Waals surface area contributed by atoms with E-state index in [0.29, 0.717) is 5.88 Å². The van der Waals surface area contributed by atoms with Crippen molar-refractivity contribution in [1.82, 2.24) is 30.0 Å². The van der Waals surface area contributed by atoms with Gasteiger partial charge < -0.3 is 15.4 Å². The van der Waals surface area contributed by atoms with Crippen molar-refractivity contribution in [3.63, 3.8) is 0 Å². The zero-order chi connectivity index (χ0) is 22.0. The maximum absolute atomic E-state index is 6.00. The Morgan fingerprint density at radius 3 is 2.59 bits per heavy atom. The first kappa shape index (κ1) is 21.5. The van der Waals surface area contributed by atoms with E-state index in [1.54, 1.807) is 17.2 Å². The molecule has 0 aliphatic carbocycles. The van der Waals surface area contributed by atoms with Crippen molar-refractivity contribution in [2.75, 3.05) is 25.0 Å². The van der Waals surface area contributed by atoms with E-state index in [2.05, 4.69) is 36.8 Å². The number of hydrogen-bond acceptors (Lipinski definition) is 7. The van der Waals surface area contributed by atoms with Gasteiger partial charge in [0.2, 0.25) is 5.88 Å². The molecule has 1 aliphatic rings. The summed E-state index contributed by atoms with van der Waals surface area (Å²) in [6.45, 7) is 2.34. The summed E-state index contributed by atoms with van der Waals surface area (Å²) >= 11 is 0. The van der Waals surface area contributed by atoms with Crippen molar-refractivity contribution in [3.05, 3.63) is 85.3 Å². The minimum absolute atomic E-state index is 0.0460. The number of nitrogens with one attached hydrogen (secondary N) is 2. The molecule has 8 nitrogen and oxygen atoms in total. The number of pyridine rings is 1. The van der Waals surface area contributed by atoms with E-state index in [0.717, 1.165) is 48.6 Å². The molecule has 32 heavy (non-hydrogen) atoms. The highest BCUT2D eigenvalue weighted by molar-refractivity contribution is 5.69. The van der Waals surface area contributed by atoms with E-state index < -0.39 is 0 Å². The Hall–Kier alpha value is -3.78. The second-order valence-corrected chi connectivity index (χ2v) is 7.41. The third-order valence-corrected chi connectivity index (χ3v) is 4.93. The molecule has 4 aromatic rings. The monoisotopic (exact) mass is 429 g/mol. The molecule has 5 rings (SSSR count). The number of rotatable bonds is 6. The predicted octanol–water partition coefficient (Wildman–Crippen LogP) is 2.96. The molecular weight excluding hydrogens is 402 g/mol. The van der Waals surface area contributed by atoms with E-state index in [4.69, 9.17) is 4.74 Å². The fraction of sp³-hybridized carbons (Fsp3) is 0.250. The van der Waals surface area contributed by atoms with E-state index in [9.17, 15) is 0 Å². The average Bonchev–Trinajstić information content (AvgIpc) is 3.30. The van der Waals surface area contributed by atoms with Crippen LogP contribution in [0.2, 0.25) is 0 Å². The van der Waals surface area contributed by atoms with Crippen molar-refractivity contribution in [1.29, 1.82) is 0 Å². The van der Waals surface area contributed by atoms with Gasteiger partial charge in [0, 0.05) is 62.0 Å². The van der Waals surface area contributed by atoms with Crippen molar-refractivity contribution < 1.29 is 4.74 Å². The van der Waals surface area contributed by atoms with Gasteiger partial charge in [0.1, 0.15) is 12.4 Å². The van der Waals surface area contributed by atoms with Gasteiger partial charge >= 0.3 is 0 Å². The molecule has 0 fully saturated rings. The molecule has 0 amide bonds. The van der Waals surface area contributed by atoms with Crippen LogP contribution in [0.25, 0.3) is 11.1 Å². The normalized spacial score (nSPS) is 14.3. The molecule has 1 atom stereocenters. The van der Waals surface area contributed by atoms with Crippen LogP contribution in [-0.4, -0.2) is 50.5 Å². The fourth-order valence-corrected chi connectivity index (χ4v) is 3.27. The van der Waals surface area contributed by atoms with Crippen LogP contribution in [0, 0.1) is 0 Å². The lowest BCUT2D eigenvalue weighted by atomic mass is 10.1. The minimum atomic E-state index is 0.0460. The van der Waals surface area contributed by atoms with Crippen LogP contribution in [0.1, 0.15) is 5.69 Å². The van der Waals surface area contributed by atoms with Crippen molar-refractivity contribution >= 4 is 5.69 Å². The maximum atomic E-state index is 6.00. The maximum Gasteiger partial charge on any atom is 0.237 e. The summed E-state index contributed by atoms with van der Waals surface area (Å²) in [4.78, 5) is 12.6. The van der Waals surface area contributed by atoms with Gasteiger partial charge in [0.05, 0.1) is 18.4 Å². The molecule has 0 radical (unpaired) electrons. The average molecular weight is 430 g/mol. The molecule has 0 spiro atoms. The Balaban J connectivity index is 0.000000354. The number of aryl methyl sites for hydroxylation is 1. The van der Waals surface area contributed by atoms with E-state index in [1.165, 1.54) is 0 Å². The van der Waals surface area contributed by atoms with Gasteiger partial charge in [-0.2, -0.15) is 5.10 Å². The number of anilines is 1. The number of benzene rings is 1. The van der Waals surface area contributed by atoms with Crippen molar-refractivity contribution in [2.24, 2.45) is 7.05 Å². The summed E-state index contributed by atoms with van der Waals surface area (Å²) in [7, 11) is 1.90. The van der Waals surface area contributed by atoms with E-state index >= 15 is 0 Å². The first-order chi connectivity index (χ1) is 15.8. The van der Waals surface area contributed by atoms with E-state index in [1.807, 2.05) is 68.1 Å². The first-order valence-corrected chi connectivity index (χ1v) is 10.6. The topological polar surface area (TPSA) is 89.8 Å². The molecule has 8 heteroatoms. The molecule has 1 unspecified atom stereocenters. The number of aromatic nitrogens is 5. The Morgan fingerprint density at radius 1 is 1.09 bits per heavy atom. The van der Waals surface area contributed by atoms with Gasteiger partial charge in [0.25, 0.3) is 0 Å². The molecule has 0 saturated heterocycles. The Kier molecular flexibility index (Phi) is 7.38. The summed E-state index contributed by atoms with van der Waals surface area (Å²) in [5.41, 5.74) is 4.02. The van der Waals surface area contributed by atoms with Crippen molar-refractivity contribution in [2.45, 2.75) is 12.5 Å². The lowest BCUT2D eigenvalue weighted by molar-refractivity contribution is 0.194. The summed E-state index contributed by atoms with van der Waals surface area (Å²) in [6.07, 6.45) is 9.87. The second-order valence-electron chi connectivity index (χ2n) is 7.41. The van der Waals surface area contributed by atoms with Crippen LogP contribution >= 0.6 is 0 Å². The first-order valence-electron chi connectivity index (χ1n) is 10.6. The molecule has 1 aliphatic heterocycles. The lowest BCUT2D eigenvalue weighted by Crippen LogP contribution is -2.40. The van der Waals surface area contributed by atoms with Crippen LogP contribution in [0.3, 0.4) is 0 Å². The third-order valence-electron chi connectivity index (χ3n) is 4.93. The minimum Gasteiger partial charge on any atom is -0.470 e. The Bertz CT molecular complexity index is 1060. The predicted molar refractivity (Wildman–Crippen MR) is 124 cm³/mol. The molecule has 4 heterocycles. The third kappa shape index (κ3) is 6.12. The molecular formula is C24H27N7O. The van der Waals surface area contributed by atoms with Crippen LogP contribution in [-0.2, 0) is 13.5 Å². The molecule has 164 valence electrons. The van der Waals surface area contributed by atoms with Gasteiger partial charge in [-0.25, -0.2) is 15.0 Å². The fourth-order valence-electron chi connectivity index (χ4n) is 3.27. The van der Waals surface area contributed by atoms with Gasteiger partial charge in [0.15, 0.2) is 0 Å². The van der Waals surface area contributed by atoms with Gasteiger partial charge in [-0.05, 0) is 12.1 Å². The highest BCUT2D eigenvalue weighted by Crippen LogP contribution is 2.30. The quantitative estimate of drug-likeness (QED) is 0.456. The van der Waals surface area contributed by atoms with Gasteiger partial charge in [-0.3, -0.25) is 4.68 Å². The van der Waals surface area contributed by atoms with Crippen LogP contribution < -0.4 is 15.4 Å². The smallest absolute Gasteiger partial charge is 0.237 e. The Morgan fingerprint density at radius 2 is 1.91 bits per heavy atom. The SMILES string of the molecule is Cn1cc(-c2cnc3c(c2)NCC(CNCCc2ccncn2)O3)cn1.c1ccccc1. The van der Waals surface area contributed by atoms with Crippen LogP contribution in [0.15, 0.2) is 79.6 Å². The molecule has 3 aromatic heterocycles. The van der Waals surface area contributed by atoms with Crippen LogP contribution in [0.5, 0.6) is 5.88 Å². The largest absolute Gasteiger partial charge is 0.470 e. The summed E-state index contributed by atoms with van der Waals surface area (Å²) in [5, 5.41) is 11.0. The summed E-state index contributed by atoms with van der Waals surface area (Å²) < 4.78 is 7.78. The second kappa shape index (κ2) is 11.0. The lowest BCUT2D eigenvalue weighted by Gasteiger charge is -2.27. The van der Waals surface area contributed by atoms with Gasteiger partial charge in [-0.15, -0.1) is 0 Å². The highest BCUT2D eigenvalue weighted by atomic mass is 16.5. The number of fused-ring (bicyclic) bond motifs is 1. The van der Waals surface area contributed by atoms with Crippen molar-refractivity contribution in [3.8, 4) is 17.0 Å². The summed E-state index contributed by atoms with van der Waals surface area (Å²) in [6, 6.07) is 16.0. The molecule has 0 bridgehead atoms. The zero-order valence-electron chi connectivity index (χ0n) is 18.1. The standard InChI is InChI=1S/C18H21N7O.C6H6/c1-25-11-14(8-24-25)13-6-17-18(22-7-13)26-16(10-21-17)9-19-4-2-15-3-5-20-12-23-15;1-2-4-6-5-3-1/h3,5-8,11-12,16,19,21H,2,4,9-10H2,1H3;1-6H. The highest BCUT2D eigenvalue weighted by Gasteiger charge is 2.20. The number of hydrogen-bond donors (Lipinski definition) is 2. The number of ether oxygens (including phenoxy) is 1. The number of nitrogens with zero attached hydrogens (tertiary/aromatic N) is 5. The van der Waals surface area contributed by atoms with Gasteiger partial charge in [-0.1, -0.05) is 36.4 Å². The molecule has 0 saturated carbocycles. The van der Waals surface area contributed by atoms with E-state index in [-0.39, 0.29) is 6.10 Å². The molecule has 2 N–H and O–H groups in total. The summed E-state index contributed by atoms with van der Waals surface area (Å²) in [5.74, 6) is 0.645. The Labute approximate surface area is 187 Å². The molecule has 1 aromatic carbocycles. The zero-order valence-corrected chi connectivity index (χ0v) is 18.1.